The molecule has 0 saturated carbocycles. The van der Waals surface area contributed by atoms with Gasteiger partial charge in [0, 0.05) is 51.3 Å². The Morgan fingerprint density at radius 1 is 1.42 bits per heavy atom. The van der Waals surface area contributed by atoms with Crippen LogP contribution in [0, 0.1) is 0 Å². The van der Waals surface area contributed by atoms with E-state index in [2.05, 4.69) is 22.2 Å². The zero-order valence-electron chi connectivity index (χ0n) is 15.3. The number of morpholine rings is 1. The predicted molar refractivity (Wildman–Crippen MR) is 96.8 cm³/mol. The van der Waals surface area contributed by atoms with E-state index in [0.717, 1.165) is 24.2 Å². The molecule has 2 aliphatic heterocycles. The molecule has 2 fully saturated rings. The predicted octanol–water partition coefficient (Wildman–Crippen LogP) is 0.185. The number of ether oxygens (including phenoxy) is 1. The van der Waals surface area contributed by atoms with Crippen LogP contribution in [0.4, 0.5) is 0 Å². The first-order valence-electron chi connectivity index (χ1n) is 9.06. The molecule has 0 unspecified atom stereocenters. The number of nitrogens with one attached hydrogen (secondary N) is 1. The molecule has 2 amide bonds. The van der Waals surface area contributed by atoms with Gasteiger partial charge >= 0.3 is 0 Å². The van der Waals surface area contributed by atoms with Crippen molar-refractivity contribution < 1.29 is 14.3 Å². The molecule has 0 aliphatic carbocycles. The molecule has 1 atom stereocenters. The first-order valence-corrected chi connectivity index (χ1v) is 9.44. The van der Waals surface area contributed by atoms with Gasteiger partial charge < -0.3 is 15.0 Å². The maximum Gasteiger partial charge on any atom is 0.239 e. The molecule has 0 radical (unpaired) electrons. The third kappa shape index (κ3) is 4.19. The molecule has 1 aromatic heterocycles. The number of aryl methyl sites for hydroxylation is 2. The van der Waals surface area contributed by atoms with Crippen LogP contribution in [-0.2, 0) is 34.3 Å². The van der Waals surface area contributed by atoms with Crippen molar-refractivity contribution >= 4 is 23.4 Å². The molecule has 3 rings (SSSR count). The highest BCUT2D eigenvalue weighted by Gasteiger charge is 2.30. The van der Waals surface area contributed by atoms with Gasteiger partial charge in [-0.1, -0.05) is 18.5 Å². The van der Waals surface area contributed by atoms with E-state index in [1.807, 2.05) is 7.05 Å². The molecule has 0 aromatic carbocycles. The monoisotopic (exact) mass is 383 g/mol. The van der Waals surface area contributed by atoms with Gasteiger partial charge in [-0.2, -0.15) is 5.10 Å². The molecule has 26 heavy (non-hydrogen) atoms. The summed E-state index contributed by atoms with van der Waals surface area (Å²) < 4.78 is 7.30. The fourth-order valence-corrected chi connectivity index (χ4v) is 3.72. The van der Waals surface area contributed by atoms with Gasteiger partial charge in [-0.3, -0.25) is 19.2 Å². The van der Waals surface area contributed by atoms with E-state index >= 15 is 0 Å². The number of halogens is 1. The number of nitrogens with zero attached hydrogens (tertiary/aromatic N) is 4. The van der Waals surface area contributed by atoms with E-state index in [0.29, 0.717) is 44.4 Å². The Kier molecular flexibility index (Phi) is 6.16. The lowest BCUT2D eigenvalue weighted by Gasteiger charge is -2.36. The third-order valence-electron chi connectivity index (χ3n) is 5.00. The molecular formula is C17H26ClN5O3. The number of amides is 2. The van der Waals surface area contributed by atoms with Crippen LogP contribution in [0.5, 0.6) is 0 Å². The molecule has 8 nitrogen and oxygen atoms in total. The van der Waals surface area contributed by atoms with Gasteiger partial charge in [0.2, 0.25) is 11.8 Å². The van der Waals surface area contributed by atoms with Crippen LogP contribution in [0.3, 0.4) is 0 Å². The van der Waals surface area contributed by atoms with Gasteiger partial charge in [0.25, 0.3) is 0 Å². The topological polar surface area (TPSA) is 79.7 Å². The van der Waals surface area contributed by atoms with Gasteiger partial charge in [-0.05, 0) is 6.42 Å². The van der Waals surface area contributed by atoms with Crippen molar-refractivity contribution in [2.45, 2.75) is 32.4 Å². The molecule has 2 aliphatic rings. The Morgan fingerprint density at radius 2 is 2.23 bits per heavy atom. The molecule has 1 aromatic rings. The summed E-state index contributed by atoms with van der Waals surface area (Å²) in [4.78, 5) is 28.0. The maximum absolute atomic E-state index is 12.6. The molecule has 2 saturated heterocycles. The number of hydrogen-bond donors (Lipinski definition) is 1. The zero-order valence-corrected chi connectivity index (χ0v) is 16.1. The van der Waals surface area contributed by atoms with E-state index in [1.165, 1.54) is 0 Å². The summed E-state index contributed by atoms with van der Waals surface area (Å²) in [6.45, 7) is 5.81. The fraction of sp³-hybridized carbons (Fsp3) is 0.706. The summed E-state index contributed by atoms with van der Waals surface area (Å²) in [5.74, 6) is -0.107. The minimum atomic E-state index is -0.101. The van der Waals surface area contributed by atoms with E-state index in [4.69, 9.17) is 16.3 Å². The third-order valence-corrected chi connectivity index (χ3v) is 5.47. The number of hydrogen-bond acceptors (Lipinski definition) is 5. The Labute approximate surface area is 158 Å². The minimum absolute atomic E-state index is 0.00616. The smallest absolute Gasteiger partial charge is 0.239 e. The quantitative estimate of drug-likeness (QED) is 0.785. The largest absolute Gasteiger partial charge is 0.378 e. The number of carbonyl (C=O) groups is 2. The van der Waals surface area contributed by atoms with Gasteiger partial charge in [0.1, 0.15) is 5.15 Å². The molecule has 0 bridgehead atoms. The van der Waals surface area contributed by atoms with Crippen molar-refractivity contribution in [3.63, 3.8) is 0 Å². The van der Waals surface area contributed by atoms with Crippen molar-refractivity contribution in [1.82, 2.24) is 24.9 Å². The number of aromatic nitrogens is 2. The van der Waals surface area contributed by atoms with E-state index in [9.17, 15) is 9.59 Å². The molecule has 144 valence electrons. The van der Waals surface area contributed by atoms with Gasteiger partial charge in [-0.15, -0.1) is 0 Å². The Bertz CT molecular complexity index is 678. The average molecular weight is 384 g/mol. The SMILES string of the molecule is CCc1nn(C)c(Cl)c1CN1CCOC[C@@H]1CC(=O)N1CCNC(=O)C1. The minimum Gasteiger partial charge on any atom is -0.378 e. The lowest BCUT2D eigenvalue weighted by Crippen LogP contribution is -2.52. The lowest BCUT2D eigenvalue weighted by atomic mass is 10.1. The Hall–Kier alpha value is -1.64. The van der Waals surface area contributed by atoms with Crippen molar-refractivity contribution in [2.24, 2.45) is 7.05 Å². The molecule has 0 spiro atoms. The average Bonchev–Trinajstić information content (AvgIpc) is 2.91. The maximum atomic E-state index is 12.6. The van der Waals surface area contributed by atoms with Crippen molar-refractivity contribution in [3.05, 3.63) is 16.4 Å². The number of piperazine rings is 1. The Morgan fingerprint density at radius 3 is 2.96 bits per heavy atom. The highest BCUT2D eigenvalue weighted by molar-refractivity contribution is 6.30. The summed E-state index contributed by atoms with van der Waals surface area (Å²) in [7, 11) is 1.84. The van der Waals surface area contributed by atoms with Crippen LogP contribution in [0.15, 0.2) is 0 Å². The van der Waals surface area contributed by atoms with E-state index in [1.54, 1.807) is 9.58 Å². The van der Waals surface area contributed by atoms with E-state index < -0.39 is 0 Å². The van der Waals surface area contributed by atoms with Crippen LogP contribution < -0.4 is 5.32 Å². The summed E-state index contributed by atoms with van der Waals surface area (Å²) in [5, 5.41) is 7.85. The van der Waals surface area contributed by atoms with Crippen LogP contribution in [0.2, 0.25) is 5.15 Å². The molecule has 3 heterocycles. The van der Waals surface area contributed by atoms with Crippen LogP contribution >= 0.6 is 11.6 Å². The summed E-state index contributed by atoms with van der Waals surface area (Å²) in [6.07, 6.45) is 1.15. The molecule has 9 heteroatoms. The fourth-order valence-electron chi connectivity index (χ4n) is 3.51. The van der Waals surface area contributed by atoms with Crippen LogP contribution in [0.25, 0.3) is 0 Å². The zero-order chi connectivity index (χ0) is 18.7. The number of rotatable bonds is 5. The van der Waals surface area contributed by atoms with Crippen molar-refractivity contribution in [1.29, 1.82) is 0 Å². The van der Waals surface area contributed by atoms with Gasteiger partial charge in [0.05, 0.1) is 25.5 Å². The second-order valence-corrected chi connectivity index (χ2v) is 7.12. The summed E-state index contributed by atoms with van der Waals surface area (Å²) in [6, 6.07) is -0.0257. The highest BCUT2D eigenvalue weighted by atomic mass is 35.5. The second kappa shape index (κ2) is 8.37. The van der Waals surface area contributed by atoms with Crippen molar-refractivity contribution in [3.8, 4) is 0 Å². The Balaban J connectivity index is 1.68. The first-order chi connectivity index (χ1) is 12.5. The normalized spacial score (nSPS) is 21.7. The van der Waals surface area contributed by atoms with Crippen LogP contribution in [-0.4, -0.2) is 76.8 Å². The lowest BCUT2D eigenvalue weighted by molar-refractivity contribution is -0.140. The second-order valence-electron chi connectivity index (χ2n) is 6.76. The summed E-state index contributed by atoms with van der Waals surface area (Å²) in [5.41, 5.74) is 2.01. The summed E-state index contributed by atoms with van der Waals surface area (Å²) >= 11 is 6.43. The van der Waals surface area contributed by atoms with Gasteiger partial charge in [-0.25, -0.2) is 0 Å². The standard InChI is InChI=1S/C17H26ClN5O3/c1-3-14-13(17(18)21(2)20-14)9-22-6-7-26-11-12(22)8-16(25)23-5-4-19-15(24)10-23/h12H,3-11H2,1-2H3,(H,19,24)/t12-/m0/s1. The van der Waals surface area contributed by atoms with Gasteiger partial charge in [0.15, 0.2) is 0 Å². The first kappa shape index (κ1) is 19.1. The van der Waals surface area contributed by atoms with Crippen molar-refractivity contribution in [2.75, 3.05) is 39.4 Å². The molecular weight excluding hydrogens is 358 g/mol. The van der Waals surface area contributed by atoms with E-state index in [-0.39, 0.29) is 24.4 Å². The van der Waals surface area contributed by atoms with Crippen LogP contribution in [0.1, 0.15) is 24.6 Å². The molecule has 1 N–H and O–H groups in total. The highest BCUT2D eigenvalue weighted by Crippen LogP contribution is 2.24. The number of carbonyl (C=O) groups excluding carboxylic acids is 2.